The normalized spacial score (nSPS) is 25.1. The highest BCUT2D eigenvalue weighted by Gasteiger charge is 2.21. The van der Waals surface area contributed by atoms with Gasteiger partial charge in [0.05, 0.1) is 11.8 Å². The van der Waals surface area contributed by atoms with Gasteiger partial charge in [-0.1, -0.05) is 42.5 Å². The molecule has 0 unspecified atom stereocenters. The fourth-order valence-electron chi connectivity index (χ4n) is 3.33. The van der Waals surface area contributed by atoms with E-state index in [-0.39, 0.29) is 11.6 Å². The van der Waals surface area contributed by atoms with E-state index in [2.05, 4.69) is 29.1 Å². The maximum absolute atomic E-state index is 13.0. The second-order valence-electron chi connectivity index (χ2n) is 6.57. The van der Waals surface area contributed by atoms with Crippen molar-refractivity contribution >= 4 is 27.1 Å². The van der Waals surface area contributed by atoms with Crippen molar-refractivity contribution in [3.05, 3.63) is 70.2 Å². The van der Waals surface area contributed by atoms with Crippen molar-refractivity contribution in [1.29, 1.82) is 0 Å². The molecule has 128 valence electrons. The van der Waals surface area contributed by atoms with Gasteiger partial charge in [0.1, 0.15) is 4.70 Å². The molecule has 1 fully saturated rings. The zero-order valence-electron chi connectivity index (χ0n) is 14.3. The largest absolute Gasteiger partial charge is 0.306 e. The molecule has 2 aliphatic rings. The highest BCUT2D eigenvalue weighted by Crippen LogP contribution is 2.29. The summed E-state index contributed by atoms with van der Waals surface area (Å²) < 4.78 is 2.60. The van der Waals surface area contributed by atoms with Gasteiger partial charge in [-0.15, -0.1) is 11.3 Å². The average molecular weight is 351 g/mol. The van der Waals surface area contributed by atoms with Gasteiger partial charge in [0, 0.05) is 10.9 Å². The molecule has 0 spiro atoms. The Balaban J connectivity index is 1.72. The van der Waals surface area contributed by atoms with Crippen molar-refractivity contribution in [3.63, 3.8) is 0 Å². The first-order valence-corrected chi connectivity index (χ1v) is 9.45. The molecule has 4 rings (SSSR count). The zero-order chi connectivity index (χ0) is 17.2. The molecular formula is C20H21N3OS. The molecule has 25 heavy (non-hydrogen) atoms. The smallest absolute Gasteiger partial charge is 0.271 e. The quantitative estimate of drug-likeness (QED) is 0.826. The number of fused-ring (bicyclic) bond motifs is 1. The van der Waals surface area contributed by atoms with Crippen LogP contribution in [0.1, 0.15) is 23.8 Å². The molecule has 0 N–H and O–H groups in total. The first-order valence-electron chi connectivity index (χ1n) is 8.64. The Morgan fingerprint density at radius 2 is 1.88 bits per heavy atom. The van der Waals surface area contributed by atoms with Crippen molar-refractivity contribution in [2.75, 3.05) is 20.1 Å². The molecule has 1 aliphatic carbocycles. The average Bonchev–Trinajstić information content (AvgIpc) is 3.01. The molecular weight excluding hydrogens is 330 g/mol. The molecule has 1 saturated heterocycles. The number of likely N-dealkylation sites (tertiary alicyclic amines) is 1. The van der Waals surface area contributed by atoms with Crippen LogP contribution in [-0.2, 0) is 0 Å². The first-order chi connectivity index (χ1) is 12.2. The van der Waals surface area contributed by atoms with E-state index in [1.807, 2.05) is 41.0 Å². The molecule has 4 nitrogen and oxygen atoms in total. The number of rotatable bonds is 2. The lowest BCUT2D eigenvalue weighted by molar-refractivity contribution is 0.218. The molecule has 2 aromatic heterocycles. The fraction of sp³-hybridized carbons (Fsp3) is 0.300. The summed E-state index contributed by atoms with van der Waals surface area (Å²) >= 11 is 1.54. The first kappa shape index (κ1) is 16.2. The Labute approximate surface area is 151 Å². The second-order valence-corrected chi connectivity index (χ2v) is 7.62. The van der Waals surface area contributed by atoms with Crippen LogP contribution in [0.15, 0.2) is 59.7 Å². The van der Waals surface area contributed by atoms with E-state index in [9.17, 15) is 4.79 Å². The Hall–Kier alpha value is -2.24. The topological polar surface area (TPSA) is 38.1 Å². The van der Waals surface area contributed by atoms with Gasteiger partial charge in [-0.2, -0.15) is 0 Å². The summed E-state index contributed by atoms with van der Waals surface area (Å²) in [6.45, 7) is 2.06. The van der Waals surface area contributed by atoms with Gasteiger partial charge in [-0.3, -0.25) is 9.36 Å². The van der Waals surface area contributed by atoms with E-state index < -0.39 is 0 Å². The van der Waals surface area contributed by atoms with Gasteiger partial charge in [0.25, 0.3) is 5.56 Å². The summed E-state index contributed by atoms with van der Waals surface area (Å²) in [5.41, 5.74) is 2.00. The minimum atomic E-state index is 0.0988. The highest BCUT2D eigenvalue weighted by molar-refractivity contribution is 7.20. The molecule has 0 saturated carbocycles. The van der Waals surface area contributed by atoms with E-state index in [1.54, 1.807) is 17.7 Å². The van der Waals surface area contributed by atoms with Gasteiger partial charge in [0.15, 0.2) is 0 Å². The summed E-state index contributed by atoms with van der Waals surface area (Å²) in [6, 6.07) is 2.29. The highest BCUT2D eigenvalue weighted by atomic mass is 32.1. The monoisotopic (exact) mass is 351 g/mol. The van der Waals surface area contributed by atoms with Gasteiger partial charge in [-0.25, -0.2) is 4.98 Å². The number of hydrogen-bond acceptors (Lipinski definition) is 4. The summed E-state index contributed by atoms with van der Waals surface area (Å²) in [6.07, 6.45) is 17.9. The lowest BCUT2D eigenvalue weighted by Gasteiger charge is -2.29. The van der Waals surface area contributed by atoms with E-state index in [1.165, 1.54) is 0 Å². The van der Waals surface area contributed by atoms with Crippen LogP contribution in [-0.4, -0.2) is 34.6 Å². The molecule has 3 heterocycles. The molecule has 0 radical (unpaired) electrons. The SMILES string of the molecule is CN1CCC(n2cnc3cc(C4=C/C=C\C=C/C=C\4)sc3c2=O)CC1. The standard InChI is InChI=1S/C20H21N3OS/c1-22-11-9-16(10-12-22)23-14-21-17-13-18(25-19(17)20(23)24)15-7-5-3-2-4-6-8-15/h2-8,13-14,16H,9-12H2,1H3/b3-2-,4-2?,5-3?,6-4-,7-5-,8-6?,15-7?,15-8+. The third-order valence-corrected chi connectivity index (χ3v) is 5.99. The zero-order valence-corrected chi connectivity index (χ0v) is 15.1. The summed E-state index contributed by atoms with van der Waals surface area (Å²) in [7, 11) is 2.13. The third-order valence-electron chi connectivity index (χ3n) is 4.82. The summed E-state index contributed by atoms with van der Waals surface area (Å²) in [5, 5.41) is 0. The van der Waals surface area contributed by atoms with Crippen LogP contribution in [0.3, 0.4) is 0 Å². The van der Waals surface area contributed by atoms with Gasteiger partial charge >= 0.3 is 0 Å². The molecule has 0 amide bonds. The van der Waals surface area contributed by atoms with E-state index in [4.69, 9.17) is 0 Å². The minimum absolute atomic E-state index is 0.0988. The Kier molecular flexibility index (Phi) is 4.51. The number of allylic oxidation sites excluding steroid dienone is 8. The van der Waals surface area contributed by atoms with Crippen LogP contribution in [0.2, 0.25) is 0 Å². The number of nitrogens with zero attached hydrogens (tertiary/aromatic N) is 3. The predicted molar refractivity (Wildman–Crippen MR) is 105 cm³/mol. The Morgan fingerprint density at radius 3 is 2.72 bits per heavy atom. The van der Waals surface area contributed by atoms with Crippen molar-refractivity contribution in [2.45, 2.75) is 18.9 Å². The summed E-state index contributed by atoms with van der Waals surface area (Å²) in [4.78, 5) is 20.9. The van der Waals surface area contributed by atoms with Gasteiger partial charge in [0.2, 0.25) is 0 Å². The second kappa shape index (κ2) is 6.94. The lowest BCUT2D eigenvalue weighted by atomic mass is 10.1. The Morgan fingerprint density at radius 1 is 1.12 bits per heavy atom. The predicted octanol–water partition coefficient (Wildman–Crippen LogP) is 3.79. The molecule has 2 aromatic rings. The molecule has 1 aliphatic heterocycles. The van der Waals surface area contributed by atoms with Gasteiger partial charge < -0.3 is 4.90 Å². The van der Waals surface area contributed by atoms with Crippen LogP contribution in [0, 0.1) is 0 Å². The molecule has 0 atom stereocenters. The van der Waals surface area contributed by atoms with Crippen LogP contribution in [0.25, 0.3) is 15.8 Å². The number of thiophene rings is 1. The van der Waals surface area contributed by atoms with Crippen molar-refractivity contribution < 1.29 is 0 Å². The van der Waals surface area contributed by atoms with Crippen LogP contribution < -0.4 is 5.56 Å². The Bertz CT molecular complexity index is 953. The van der Waals surface area contributed by atoms with Crippen LogP contribution >= 0.6 is 11.3 Å². The number of hydrogen-bond donors (Lipinski definition) is 0. The van der Waals surface area contributed by atoms with E-state index in [0.29, 0.717) is 0 Å². The molecule has 0 bridgehead atoms. The minimum Gasteiger partial charge on any atom is -0.306 e. The third kappa shape index (κ3) is 3.30. The fourth-order valence-corrected chi connectivity index (χ4v) is 4.38. The van der Waals surface area contributed by atoms with Crippen molar-refractivity contribution in [2.24, 2.45) is 0 Å². The van der Waals surface area contributed by atoms with Crippen molar-refractivity contribution in [1.82, 2.24) is 14.5 Å². The van der Waals surface area contributed by atoms with Crippen molar-refractivity contribution in [3.8, 4) is 0 Å². The van der Waals surface area contributed by atoms with Crippen LogP contribution in [0.5, 0.6) is 0 Å². The van der Waals surface area contributed by atoms with E-state index in [0.717, 1.165) is 46.6 Å². The van der Waals surface area contributed by atoms with E-state index >= 15 is 0 Å². The summed E-state index contributed by atoms with van der Waals surface area (Å²) in [5.74, 6) is 0. The maximum Gasteiger partial charge on any atom is 0.271 e. The maximum atomic E-state index is 13.0. The van der Waals surface area contributed by atoms with Gasteiger partial charge in [-0.05, 0) is 44.6 Å². The molecule has 0 aromatic carbocycles. The number of aromatic nitrogens is 2. The van der Waals surface area contributed by atoms with Crippen LogP contribution in [0.4, 0.5) is 0 Å². The lowest BCUT2D eigenvalue weighted by Crippen LogP contribution is -2.35. The molecule has 5 heteroatoms. The number of piperidine rings is 1.